The average Bonchev–Trinajstić information content (AvgIpc) is 2.05. The van der Waals surface area contributed by atoms with Crippen molar-refractivity contribution in [2.45, 2.75) is 46.0 Å². The quantitative estimate of drug-likeness (QED) is 0.410. The molecular formula is C11H21O. The molecule has 1 atom stereocenters. The number of allylic oxidation sites excluding steroid dienone is 2. The second kappa shape index (κ2) is 8.79. The maximum atomic E-state index is 10.3. The molecule has 0 amide bonds. The minimum absolute atomic E-state index is 0.0893. The smallest absolute Gasteiger partial charge is 0.0824 e. The Kier molecular flexibility index (Phi) is 8.57. The van der Waals surface area contributed by atoms with Gasteiger partial charge in [-0.3, -0.25) is 0 Å². The van der Waals surface area contributed by atoms with Crippen LogP contribution in [0.5, 0.6) is 0 Å². The second-order valence-corrected chi connectivity index (χ2v) is 3.41. The molecule has 0 N–H and O–H groups in total. The number of hydrogen-bond donors (Lipinski definition) is 0. The Labute approximate surface area is 76.5 Å². The van der Waals surface area contributed by atoms with E-state index in [1.807, 2.05) is 0 Å². The zero-order chi connectivity index (χ0) is 9.23. The van der Waals surface area contributed by atoms with Crippen molar-refractivity contribution in [3.8, 4) is 0 Å². The van der Waals surface area contributed by atoms with Crippen LogP contribution in [0.15, 0.2) is 12.2 Å². The molecule has 0 saturated heterocycles. The second-order valence-electron chi connectivity index (χ2n) is 3.41. The lowest BCUT2D eigenvalue weighted by atomic mass is 10.0. The van der Waals surface area contributed by atoms with Crippen molar-refractivity contribution in [3.05, 3.63) is 12.2 Å². The largest absolute Gasteiger partial charge is 0.237 e. The number of rotatable bonds is 7. The molecule has 0 aliphatic rings. The average molecular weight is 169 g/mol. The summed E-state index contributed by atoms with van der Waals surface area (Å²) in [7, 11) is 0. The van der Waals surface area contributed by atoms with E-state index in [0.717, 1.165) is 12.8 Å². The lowest BCUT2D eigenvalue weighted by molar-refractivity contribution is 0.171. The van der Waals surface area contributed by atoms with Crippen molar-refractivity contribution in [1.82, 2.24) is 0 Å². The van der Waals surface area contributed by atoms with Crippen LogP contribution in [0.3, 0.4) is 0 Å². The van der Waals surface area contributed by atoms with Gasteiger partial charge in [-0.1, -0.05) is 32.4 Å². The highest BCUT2D eigenvalue weighted by Gasteiger charge is 1.99. The summed E-state index contributed by atoms with van der Waals surface area (Å²) in [5, 5.41) is 10.3. The summed E-state index contributed by atoms with van der Waals surface area (Å²) in [6, 6.07) is 0. The Hall–Kier alpha value is -0.300. The third-order valence-corrected chi connectivity index (χ3v) is 2.08. The zero-order valence-corrected chi connectivity index (χ0v) is 8.38. The first-order valence-corrected chi connectivity index (χ1v) is 5.04. The minimum Gasteiger partial charge on any atom is -0.237 e. The molecule has 0 aliphatic carbocycles. The van der Waals surface area contributed by atoms with Gasteiger partial charge in [0.2, 0.25) is 0 Å². The van der Waals surface area contributed by atoms with Gasteiger partial charge in [0.15, 0.2) is 0 Å². The normalized spacial score (nSPS) is 13.9. The molecule has 0 spiro atoms. The van der Waals surface area contributed by atoms with Crippen LogP contribution < -0.4 is 0 Å². The van der Waals surface area contributed by atoms with E-state index in [1.54, 1.807) is 0 Å². The molecule has 0 aromatic heterocycles. The molecule has 0 aromatic rings. The fourth-order valence-corrected chi connectivity index (χ4v) is 1.21. The van der Waals surface area contributed by atoms with Crippen LogP contribution in [0.4, 0.5) is 0 Å². The lowest BCUT2D eigenvalue weighted by Gasteiger charge is -2.06. The van der Waals surface area contributed by atoms with Crippen LogP contribution in [0.2, 0.25) is 0 Å². The molecule has 12 heavy (non-hydrogen) atoms. The van der Waals surface area contributed by atoms with E-state index in [4.69, 9.17) is 0 Å². The third kappa shape index (κ3) is 7.80. The van der Waals surface area contributed by atoms with Crippen LogP contribution in [0.1, 0.15) is 46.0 Å². The van der Waals surface area contributed by atoms with Crippen molar-refractivity contribution in [3.63, 3.8) is 0 Å². The van der Waals surface area contributed by atoms with Crippen LogP contribution in [0, 0.1) is 5.92 Å². The molecule has 1 heteroatoms. The van der Waals surface area contributed by atoms with Crippen molar-refractivity contribution < 1.29 is 5.11 Å². The summed E-state index contributed by atoms with van der Waals surface area (Å²) < 4.78 is 0. The van der Waals surface area contributed by atoms with E-state index >= 15 is 0 Å². The number of hydrogen-bond acceptors (Lipinski definition) is 0. The van der Waals surface area contributed by atoms with Crippen LogP contribution in [0.25, 0.3) is 0 Å². The van der Waals surface area contributed by atoms with E-state index in [1.165, 1.54) is 19.3 Å². The van der Waals surface area contributed by atoms with E-state index in [2.05, 4.69) is 26.0 Å². The summed E-state index contributed by atoms with van der Waals surface area (Å²) in [6.45, 7) is 4.41. The Balaban J connectivity index is 3.13. The molecule has 1 unspecified atom stereocenters. The molecule has 0 aromatic carbocycles. The Morgan fingerprint density at radius 1 is 1.25 bits per heavy atom. The van der Waals surface area contributed by atoms with Gasteiger partial charge in [0.1, 0.15) is 0 Å². The molecule has 0 saturated carbocycles. The monoisotopic (exact) mass is 169 g/mol. The predicted molar refractivity (Wildman–Crippen MR) is 52.6 cm³/mol. The first kappa shape index (κ1) is 11.7. The Morgan fingerprint density at radius 3 is 2.58 bits per heavy atom. The Bertz CT molecular complexity index is 108. The van der Waals surface area contributed by atoms with Gasteiger partial charge < -0.3 is 0 Å². The van der Waals surface area contributed by atoms with E-state index in [9.17, 15) is 5.11 Å². The van der Waals surface area contributed by atoms with Crippen LogP contribution >= 0.6 is 0 Å². The fraction of sp³-hybridized carbons (Fsp3) is 0.818. The van der Waals surface area contributed by atoms with Gasteiger partial charge in [-0.05, 0) is 31.6 Å². The van der Waals surface area contributed by atoms with Gasteiger partial charge in [-0.2, -0.15) is 0 Å². The van der Waals surface area contributed by atoms with Gasteiger partial charge >= 0.3 is 0 Å². The first-order valence-electron chi connectivity index (χ1n) is 5.04. The summed E-state index contributed by atoms with van der Waals surface area (Å²) in [6.07, 6.45) is 10.0. The van der Waals surface area contributed by atoms with Crippen LogP contribution in [-0.4, -0.2) is 6.61 Å². The van der Waals surface area contributed by atoms with Gasteiger partial charge in [0.25, 0.3) is 0 Å². The van der Waals surface area contributed by atoms with Crippen LogP contribution in [-0.2, 0) is 5.11 Å². The summed E-state index contributed by atoms with van der Waals surface area (Å²) in [5.41, 5.74) is 0. The zero-order valence-electron chi connectivity index (χ0n) is 8.38. The fourth-order valence-electron chi connectivity index (χ4n) is 1.21. The predicted octanol–water partition coefficient (Wildman–Crippen LogP) is 3.58. The highest BCUT2D eigenvalue weighted by Crippen LogP contribution is 2.11. The van der Waals surface area contributed by atoms with Gasteiger partial charge in [-0.25, -0.2) is 5.11 Å². The highest BCUT2D eigenvalue weighted by molar-refractivity contribution is 4.79. The number of unbranched alkanes of at least 4 members (excludes halogenated alkanes) is 1. The molecule has 71 valence electrons. The molecule has 0 aliphatic heterocycles. The molecule has 0 heterocycles. The van der Waals surface area contributed by atoms with Crippen molar-refractivity contribution in [2.75, 3.05) is 6.61 Å². The van der Waals surface area contributed by atoms with E-state index < -0.39 is 0 Å². The minimum atomic E-state index is 0.0893. The topological polar surface area (TPSA) is 19.9 Å². The Morgan fingerprint density at radius 2 is 2.00 bits per heavy atom. The molecular weight excluding hydrogens is 148 g/mol. The molecule has 0 bridgehead atoms. The van der Waals surface area contributed by atoms with Gasteiger partial charge in [-0.15, -0.1) is 0 Å². The molecule has 1 radical (unpaired) electrons. The molecule has 0 fully saturated rings. The summed E-state index contributed by atoms with van der Waals surface area (Å²) >= 11 is 0. The maximum Gasteiger partial charge on any atom is 0.0824 e. The van der Waals surface area contributed by atoms with E-state index in [0.29, 0.717) is 5.92 Å². The van der Waals surface area contributed by atoms with E-state index in [-0.39, 0.29) is 6.61 Å². The van der Waals surface area contributed by atoms with Crippen molar-refractivity contribution in [2.24, 2.45) is 5.92 Å². The highest BCUT2D eigenvalue weighted by atomic mass is 16.2. The molecule has 0 rings (SSSR count). The lowest BCUT2D eigenvalue weighted by Crippen LogP contribution is -1.96. The summed E-state index contributed by atoms with van der Waals surface area (Å²) in [5.74, 6) is 0.623. The third-order valence-electron chi connectivity index (χ3n) is 2.08. The van der Waals surface area contributed by atoms with Crippen molar-refractivity contribution in [1.29, 1.82) is 0 Å². The first-order chi connectivity index (χ1) is 5.81. The van der Waals surface area contributed by atoms with Gasteiger partial charge in [0.05, 0.1) is 6.61 Å². The summed E-state index contributed by atoms with van der Waals surface area (Å²) in [4.78, 5) is 0. The standard InChI is InChI=1S/C11H21O/c1-3-4-5-6-7-8-11(2)9-10-12/h4-5,11H,3,6-10H2,1-2H3/b5-4+. The SMILES string of the molecule is CC/C=C/CCCC(C)CC[O]. The maximum absolute atomic E-state index is 10.3. The van der Waals surface area contributed by atoms with Gasteiger partial charge in [0, 0.05) is 0 Å². The van der Waals surface area contributed by atoms with Crippen molar-refractivity contribution >= 4 is 0 Å². The molecule has 1 nitrogen and oxygen atoms in total.